The third-order valence-electron chi connectivity index (χ3n) is 3.73. The monoisotopic (exact) mass is 338 g/mol. The third-order valence-corrected chi connectivity index (χ3v) is 3.73. The van der Waals surface area contributed by atoms with Crippen LogP contribution >= 0.6 is 0 Å². The Hall–Kier alpha value is -3.08. The molecule has 25 heavy (non-hydrogen) atoms. The van der Waals surface area contributed by atoms with Crippen molar-refractivity contribution in [1.29, 1.82) is 0 Å². The smallest absolute Gasteiger partial charge is 0.347 e. The van der Waals surface area contributed by atoms with Crippen LogP contribution < -0.4 is 10.4 Å². The van der Waals surface area contributed by atoms with E-state index in [1.807, 2.05) is 36.4 Å². The van der Waals surface area contributed by atoms with Crippen molar-refractivity contribution < 1.29 is 18.7 Å². The fraction of sp³-hybridized carbons (Fsp3) is 0.200. The molecule has 2 aromatic carbocycles. The number of hydrogen-bond acceptors (Lipinski definition) is 5. The Kier molecular flexibility index (Phi) is 4.84. The van der Waals surface area contributed by atoms with Gasteiger partial charge in [0.1, 0.15) is 11.3 Å². The van der Waals surface area contributed by atoms with Crippen molar-refractivity contribution in [3.63, 3.8) is 0 Å². The van der Waals surface area contributed by atoms with E-state index >= 15 is 0 Å². The molecule has 5 heteroatoms. The lowest BCUT2D eigenvalue weighted by atomic mass is 10.0. The highest BCUT2D eigenvalue weighted by Gasteiger charge is 2.16. The zero-order chi connectivity index (χ0) is 17.8. The second-order valence-corrected chi connectivity index (χ2v) is 5.52. The summed E-state index contributed by atoms with van der Waals surface area (Å²) in [6, 6.07) is 16.2. The van der Waals surface area contributed by atoms with Crippen LogP contribution in [0, 0.1) is 0 Å². The van der Waals surface area contributed by atoms with E-state index in [1.54, 1.807) is 26.0 Å². The SMILES string of the molecule is CCOC(=O)C(C)Oc1ccc2c(-c3ccccc3)cc(=O)oc2c1. The fourth-order valence-corrected chi connectivity index (χ4v) is 2.58. The molecular formula is C20H18O5. The maximum absolute atomic E-state index is 11.9. The van der Waals surface area contributed by atoms with Gasteiger partial charge in [0.15, 0.2) is 6.10 Å². The molecule has 3 rings (SSSR count). The van der Waals surface area contributed by atoms with Gasteiger partial charge in [0.25, 0.3) is 0 Å². The van der Waals surface area contributed by atoms with Crippen molar-refractivity contribution in [3.05, 3.63) is 65.0 Å². The number of carbonyl (C=O) groups excluding carboxylic acids is 1. The number of esters is 1. The topological polar surface area (TPSA) is 65.7 Å². The van der Waals surface area contributed by atoms with E-state index in [0.29, 0.717) is 17.9 Å². The van der Waals surface area contributed by atoms with Crippen LogP contribution in [0.3, 0.4) is 0 Å². The largest absolute Gasteiger partial charge is 0.479 e. The molecule has 0 saturated heterocycles. The summed E-state index contributed by atoms with van der Waals surface area (Å²) in [5.74, 6) is -0.0106. The molecular weight excluding hydrogens is 320 g/mol. The van der Waals surface area contributed by atoms with Crippen LogP contribution in [0.4, 0.5) is 0 Å². The van der Waals surface area contributed by atoms with Crippen LogP contribution in [0.1, 0.15) is 13.8 Å². The van der Waals surface area contributed by atoms with Gasteiger partial charge in [0.2, 0.25) is 0 Å². The van der Waals surface area contributed by atoms with E-state index < -0.39 is 17.7 Å². The molecule has 0 N–H and O–H groups in total. The van der Waals surface area contributed by atoms with Gasteiger partial charge in [0, 0.05) is 17.5 Å². The number of benzene rings is 2. The van der Waals surface area contributed by atoms with Crippen LogP contribution in [-0.4, -0.2) is 18.7 Å². The lowest BCUT2D eigenvalue weighted by Gasteiger charge is -2.14. The molecule has 0 aliphatic heterocycles. The first-order valence-corrected chi connectivity index (χ1v) is 8.05. The summed E-state index contributed by atoms with van der Waals surface area (Å²) in [4.78, 5) is 23.6. The van der Waals surface area contributed by atoms with Crippen molar-refractivity contribution in [2.75, 3.05) is 6.61 Å². The van der Waals surface area contributed by atoms with Crippen LogP contribution in [-0.2, 0) is 9.53 Å². The van der Waals surface area contributed by atoms with Crippen molar-refractivity contribution in [2.45, 2.75) is 20.0 Å². The average Bonchev–Trinajstić information content (AvgIpc) is 2.61. The van der Waals surface area contributed by atoms with Crippen LogP contribution in [0.15, 0.2) is 63.8 Å². The van der Waals surface area contributed by atoms with Gasteiger partial charge < -0.3 is 13.9 Å². The minimum absolute atomic E-state index is 0.291. The highest BCUT2D eigenvalue weighted by molar-refractivity contribution is 5.93. The van der Waals surface area contributed by atoms with Gasteiger partial charge >= 0.3 is 11.6 Å². The van der Waals surface area contributed by atoms with Gasteiger partial charge in [0.05, 0.1) is 6.61 Å². The van der Waals surface area contributed by atoms with E-state index in [1.165, 1.54) is 6.07 Å². The zero-order valence-electron chi connectivity index (χ0n) is 14.0. The Bertz CT molecular complexity index is 943. The maximum Gasteiger partial charge on any atom is 0.347 e. The second kappa shape index (κ2) is 7.21. The molecule has 0 bridgehead atoms. The van der Waals surface area contributed by atoms with Gasteiger partial charge in [-0.1, -0.05) is 30.3 Å². The first-order chi connectivity index (χ1) is 12.1. The normalized spacial score (nSPS) is 11.9. The maximum atomic E-state index is 11.9. The lowest BCUT2D eigenvalue weighted by Crippen LogP contribution is -2.26. The number of carbonyl (C=O) groups is 1. The third kappa shape index (κ3) is 3.71. The number of hydrogen-bond donors (Lipinski definition) is 0. The van der Waals surface area contributed by atoms with Crippen LogP contribution in [0.2, 0.25) is 0 Å². The molecule has 1 atom stereocenters. The van der Waals surface area contributed by atoms with Crippen LogP contribution in [0.25, 0.3) is 22.1 Å². The summed E-state index contributed by atoms with van der Waals surface area (Å²) in [6.45, 7) is 3.64. The molecule has 0 saturated carbocycles. The van der Waals surface area contributed by atoms with Crippen molar-refractivity contribution in [1.82, 2.24) is 0 Å². The van der Waals surface area contributed by atoms with Crippen molar-refractivity contribution in [3.8, 4) is 16.9 Å². The highest BCUT2D eigenvalue weighted by atomic mass is 16.6. The summed E-state index contributed by atoms with van der Waals surface area (Å²) >= 11 is 0. The van der Waals surface area contributed by atoms with Crippen molar-refractivity contribution >= 4 is 16.9 Å². The first-order valence-electron chi connectivity index (χ1n) is 8.05. The molecule has 5 nitrogen and oxygen atoms in total. The molecule has 0 radical (unpaired) electrons. The number of fused-ring (bicyclic) bond motifs is 1. The van der Waals surface area contributed by atoms with Gasteiger partial charge in [-0.25, -0.2) is 9.59 Å². The first kappa shape index (κ1) is 16.8. The fourth-order valence-electron chi connectivity index (χ4n) is 2.58. The summed E-state index contributed by atoms with van der Waals surface area (Å²) in [5, 5.41) is 0.793. The van der Waals surface area contributed by atoms with E-state index in [4.69, 9.17) is 13.9 Å². The molecule has 3 aromatic rings. The number of rotatable bonds is 5. The molecule has 0 amide bonds. The lowest BCUT2D eigenvalue weighted by molar-refractivity contribution is -0.150. The van der Waals surface area contributed by atoms with E-state index in [-0.39, 0.29) is 0 Å². The Balaban J connectivity index is 1.99. The zero-order valence-corrected chi connectivity index (χ0v) is 14.0. The minimum Gasteiger partial charge on any atom is -0.479 e. The molecule has 1 heterocycles. The summed E-state index contributed by atoms with van der Waals surface area (Å²) in [5.41, 5.74) is 1.67. The van der Waals surface area contributed by atoms with Gasteiger partial charge in [-0.2, -0.15) is 0 Å². The predicted octanol–water partition coefficient (Wildman–Crippen LogP) is 3.79. The van der Waals surface area contributed by atoms with E-state index in [9.17, 15) is 9.59 Å². The molecule has 0 spiro atoms. The Morgan fingerprint density at radius 2 is 1.88 bits per heavy atom. The van der Waals surface area contributed by atoms with E-state index in [0.717, 1.165) is 16.5 Å². The molecule has 0 aliphatic carbocycles. The Morgan fingerprint density at radius 1 is 1.12 bits per heavy atom. The van der Waals surface area contributed by atoms with Gasteiger partial charge in [-0.3, -0.25) is 0 Å². The highest BCUT2D eigenvalue weighted by Crippen LogP contribution is 2.29. The molecule has 0 fully saturated rings. The predicted molar refractivity (Wildman–Crippen MR) is 94.6 cm³/mol. The summed E-state index contributed by atoms with van der Waals surface area (Å²) in [6.07, 6.45) is -0.749. The molecule has 128 valence electrons. The number of ether oxygens (including phenoxy) is 2. The summed E-state index contributed by atoms with van der Waals surface area (Å²) < 4.78 is 15.8. The quantitative estimate of drug-likeness (QED) is 0.523. The van der Waals surface area contributed by atoms with Gasteiger partial charge in [-0.15, -0.1) is 0 Å². The van der Waals surface area contributed by atoms with Crippen LogP contribution in [0.5, 0.6) is 5.75 Å². The molecule has 1 unspecified atom stereocenters. The second-order valence-electron chi connectivity index (χ2n) is 5.52. The molecule has 0 aliphatic rings. The average molecular weight is 338 g/mol. The Morgan fingerprint density at radius 3 is 2.60 bits per heavy atom. The van der Waals surface area contributed by atoms with Crippen molar-refractivity contribution in [2.24, 2.45) is 0 Å². The standard InChI is InChI=1S/C20H18O5/c1-3-23-20(22)13(2)24-15-9-10-16-17(14-7-5-4-6-8-14)12-19(21)25-18(16)11-15/h4-13H,3H2,1-2H3. The Labute approximate surface area is 144 Å². The van der Waals surface area contributed by atoms with Gasteiger partial charge in [-0.05, 0) is 37.1 Å². The minimum atomic E-state index is -0.749. The molecule has 1 aromatic heterocycles. The van der Waals surface area contributed by atoms with E-state index in [2.05, 4.69) is 0 Å². The summed E-state index contributed by atoms with van der Waals surface area (Å²) in [7, 11) is 0.